The summed E-state index contributed by atoms with van der Waals surface area (Å²) in [6, 6.07) is 10.1. The van der Waals surface area contributed by atoms with Crippen molar-refractivity contribution in [3.63, 3.8) is 0 Å². The number of aliphatic hydroxyl groups excluding tert-OH is 1. The van der Waals surface area contributed by atoms with Crippen LogP contribution in [0.1, 0.15) is 28.4 Å². The van der Waals surface area contributed by atoms with Gasteiger partial charge in [-0.05, 0) is 36.6 Å². The molecular formula is C15H14ClFO. The van der Waals surface area contributed by atoms with Crippen LogP contribution in [-0.4, -0.2) is 5.11 Å². The van der Waals surface area contributed by atoms with E-state index in [4.69, 9.17) is 11.6 Å². The van der Waals surface area contributed by atoms with Gasteiger partial charge in [-0.3, -0.25) is 0 Å². The average molecular weight is 265 g/mol. The van der Waals surface area contributed by atoms with Crippen molar-refractivity contribution in [3.05, 3.63) is 69.5 Å². The molecule has 2 rings (SSSR count). The van der Waals surface area contributed by atoms with Crippen molar-refractivity contribution >= 4 is 11.6 Å². The zero-order chi connectivity index (χ0) is 13.3. The summed E-state index contributed by atoms with van der Waals surface area (Å²) < 4.78 is 13.4. The number of aryl methyl sites for hydroxylation is 1. The average Bonchev–Trinajstić information content (AvgIpc) is 2.35. The summed E-state index contributed by atoms with van der Waals surface area (Å²) in [5.41, 5.74) is 3.22. The van der Waals surface area contributed by atoms with Crippen LogP contribution >= 0.6 is 11.6 Å². The quantitative estimate of drug-likeness (QED) is 0.863. The van der Waals surface area contributed by atoms with Crippen molar-refractivity contribution in [1.82, 2.24) is 0 Å². The molecular weight excluding hydrogens is 251 g/mol. The fraction of sp³-hybridized carbons (Fsp3) is 0.200. The molecule has 0 aromatic heterocycles. The standard InChI is InChI=1S/C15H14ClFO/c1-9-5-3-6-11(10(9)2)15(18)12-7-4-8-13(17)14(12)16/h3-8,15,18H,1-2H3. The van der Waals surface area contributed by atoms with Crippen molar-refractivity contribution in [2.24, 2.45) is 0 Å². The van der Waals surface area contributed by atoms with Crippen molar-refractivity contribution in [3.8, 4) is 0 Å². The molecule has 18 heavy (non-hydrogen) atoms. The first-order valence-corrected chi connectivity index (χ1v) is 6.08. The molecule has 2 aromatic carbocycles. The summed E-state index contributed by atoms with van der Waals surface area (Å²) in [5.74, 6) is -0.515. The highest BCUT2D eigenvalue weighted by atomic mass is 35.5. The monoisotopic (exact) mass is 264 g/mol. The third kappa shape index (κ3) is 2.26. The maximum Gasteiger partial charge on any atom is 0.142 e. The molecule has 0 spiro atoms. The first-order valence-electron chi connectivity index (χ1n) is 5.70. The lowest BCUT2D eigenvalue weighted by atomic mass is 9.95. The second-order valence-corrected chi connectivity index (χ2v) is 4.71. The largest absolute Gasteiger partial charge is 0.384 e. The predicted octanol–water partition coefficient (Wildman–Crippen LogP) is 4.18. The van der Waals surface area contributed by atoms with E-state index in [0.29, 0.717) is 5.56 Å². The van der Waals surface area contributed by atoms with E-state index in [-0.39, 0.29) is 5.02 Å². The highest BCUT2D eigenvalue weighted by molar-refractivity contribution is 6.31. The maximum atomic E-state index is 13.4. The zero-order valence-electron chi connectivity index (χ0n) is 10.2. The van der Waals surface area contributed by atoms with Gasteiger partial charge in [0.15, 0.2) is 0 Å². The number of halogens is 2. The SMILES string of the molecule is Cc1cccc(C(O)c2cccc(F)c2Cl)c1C. The molecule has 1 unspecified atom stereocenters. The minimum absolute atomic E-state index is 0.0223. The molecule has 0 heterocycles. The van der Waals surface area contributed by atoms with Crippen molar-refractivity contribution in [2.75, 3.05) is 0 Å². The van der Waals surface area contributed by atoms with Crippen LogP contribution in [0, 0.1) is 19.7 Å². The van der Waals surface area contributed by atoms with Gasteiger partial charge in [0.2, 0.25) is 0 Å². The van der Waals surface area contributed by atoms with Crippen molar-refractivity contribution < 1.29 is 9.50 Å². The molecule has 1 atom stereocenters. The summed E-state index contributed by atoms with van der Waals surface area (Å²) >= 11 is 5.90. The van der Waals surface area contributed by atoms with Gasteiger partial charge in [0.1, 0.15) is 11.9 Å². The van der Waals surface area contributed by atoms with E-state index in [0.717, 1.165) is 16.7 Å². The van der Waals surface area contributed by atoms with Gasteiger partial charge in [0.05, 0.1) is 5.02 Å². The molecule has 0 amide bonds. The molecule has 0 aliphatic carbocycles. The van der Waals surface area contributed by atoms with E-state index in [1.54, 1.807) is 12.1 Å². The molecule has 0 saturated carbocycles. The Hall–Kier alpha value is -1.38. The first kappa shape index (κ1) is 13.1. The van der Waals surface area contributed by atoms with E-state index in [2.05, 4.69) is 0 Å². The summed E-state index contributed by atoms with van der Waals surface area (Å²) in [6.45, 7) is 3.90. The molecule has 0 fully saturated rings. The minimum Gasteiger partial charge on any atom is -0.384 e. The fourth-order valence-corrected chi connectivity index (χ4v) is 2.20. The highest BCUT2D eigenvalue weighted by Gasteiger charge is 2.18. The molecule has 94 valence electrons. The van der Waals surface area contributed by atoms with Crippen LogP contribution in [-0.2, 0) is 0 Å². The van der Waals surface area contributed by atoms with Crippen LogP contribution in [0.4, 0.5) is 4.39 Å². The third-order valence-electron chi connectivity index (χ3n) is 3.22. The molecule has 1 nitrogen and oxygen atoms in total. The van der Waals surface area contributed by atoms with E-state index < -0.39 is 11.9 Å². The van der Waals surface area contributed by atoms with Gasteiger partial charge >= 0.3 is 0 Å². The Morgan fingerprint density at radius 1 is 1.06 bits per heavy atom. The Kier molecular flexibility index (Phi) is 3.69. The van der Waals surface area contributed by atoms with Gasteiger partial charge in [-0.25, -0.2) is 4.39 Å². The molecule has 0 aliphatic rings. The van der Waals surface area contributed by atoms with Gasteiger partial charge < -0.3 is 5.11 Å². The number of rotatable bonds is 2. The van der Waals surface area contributed by atoms with Crippen LogP contribution < -0.4 is 0 Å². The van der Waals surface area contributed by atoms with Crippen LogP contribution in [0.3, 0.4) is 0 Å². The van der Waals surface area contributed by atoms with Gasteiger partial charge in [-0.15, -0.1) is 0 Å². The predicted molar refractivity (Wildman–Crippen MR) is 71.4 cm³/mol. The van der Waals surface area contributed by atoms with Crippen LogP contribution in [0.25, 0.3) is 0 Å². The summed E-state index contributed by atoms with van der Waals surface area (Å²) in [4.78, 5) is 0. The lowest BCUT2D eigenvalue weighted by Gasteiger charge is -2.17. The van der Waals surface area contributed by atoms with E-state index in [9.17, 15) is 9.50 Å². The Morgan fingerprint density at radius 2 is 1.67 bits per heavy atom. The highest BCUT2D eigenvalue weighted by Crippen LogP contribution is 2.32. The molecule has 2 aromatic rings. The summed E-state index contributed by atoms with van der Waals surface area (Å²) in [5, 5.41) is 10.3. The second-order valence-electron chi connectivity index (χ2n) is 4.33. The lowest BCUT2D eigenvalue weighted by molar-refractivity contribution is 0.219. The Balaban J connectivity index is 2.51. The maximum absolute atomic E-state index is 13.4. The summed E-state index contributed by atoms with van der Waals surface area (Å²) in [7, 11) is 0. The Morgan fingerprint density at radius 3 is 2.39 bits per heavy atom. The molecule has 0 saturated heterocycles. The lowest BCUT2D eigenvalue weighted by Crippen LogP contribution is -2.04. The smallest absolute Gasteiger partial charge is 0.142 e. The second kappa shape index (κ2) is 5.09. The number of hydrogen-bond acceptors (Lipinski definition) is 1. The van der Waals surface area contributed by atoms with Crippen LogP contribution in [0.2, 0.25) is 5.02 Å². The van der Waals surface area contributed by atoms with Crippen LogP contribution in [0.5, 0.6) is 0 Å². The zero-order valence-corrected chi connectivity index (χ0v) is 11.0. The first-order chi connectivity index (χ1) is 8.52. The number of hydrogen-bond donors (Lipinski definition) is 1. The van der Waals surface area contributed by atoms with Gasteiger partial charge in [0.25, 0.3) is 0 Å². The van der Waals surface area contributed by atoms with Crippen molar-refractivity contribution in [2.45, 2.75) is 20.0 Å². The molecule has 0 aliphatic heterocycles. The number of benzene rings is 2. The number of aliphatic hydroxyl groups is 1. The molecule has 1 N–H and O–H groups in total. The van der Waals surface area contributed by atoms with Gasteiger partial charge in [0, 0.05) is 5.56 Å². The minimum atomic E-state index is -0.909. The Bertz CT molecular complexity index is 529. The topological polar surface area (TPSA) is 20.2 Å². The molecule has 3 heteroatoms. The van der Waals surface area contributed by atoms with Gasteiger partial charge in [-0.2, -0.15) is 0 Å². The fourth-order valence-electron chi connectivity index (χ4n) is 1.97. The molecule has 0 bridgehead atoms. The summed E-state index contributed by atoms with van der Waals surface area (Å²) in [6.07, 6.45) is -0.909. The van der Waals surface area contributed by atoms with Crippen LogP contribution in [0.15, 0.2) is 36.4 Å². The van der Waals surface area contributed by atoms with E-state index in [1.807, 2.05) is 32.0 Å². The van der Waals surface area contributed by atoms with Gasteiger partial charge in [-0.1, -0.05) is 41.9 Å². The van der Waals surface area contributed by atoms with Crippen molar-refractivity contribution in [1.29, 1.82) is 0 Å². The van der Waals surface area contributed by atoms with E-state index in [1.165, 1.54) is 6.07 Å². The van der Waals surface area contributed by atoms with E-state index >= 15 is 0 Å². The third-order valence-corrected chi connectivity index (χ3v) is 3.62. The molecule has 0 radical (unpaired) electrons. The normalized spacial score (nSPS) is 12.5. The Labute approximate surface area is 111 Å².